The van der Waals surface area contributed by atoms with Crippen molar-refractivity contribution in [2.45, 2.75) is 108 Å². The van der Waals surface area contributed by atoms with Crippen LogP contribution in [0.15, 0.2) is 48.5 Å². The van der Waals surface area contributed by atoms with E-state index in [0.717, 1.165) is 22.3 Å². The fourth-order valence-corrected chi connectivity index (χ4v) is 6.78. The van der Waals surface area contributed by atoms with Gasteiger partial charge < -0.3 is 66.0 Å². The third-order valence-electron chi connectivity index (χ3n) is 10.0. The summed E-state index contributed by atoms with van der Waals surface area (Å²) in [5, 5.41) is 48.3. The first kappa shape index (κ1) is 55.2. The van der Waals surface area contributed by atoms with E-state index in [1.807, 2.05) is 48.5 Å². The molecule has 0 aliphatic heterocycles. The van der Waals surface area contributed by atoms with Crippen LogP contribution in [-0.4, -0.2) is 149 Å². The van der Waals surface area contributed by atoms with E-state index in [1.165, 1.54) is 0 Å². The summed E-state index contributed by atoms with van der Waals surface area (Å²) in [5.74, 6) is -10.1. The highest BCUT2D eigenvalue weighted by Gasteiger charge is 2.32. The van der Waals surface area contributed by atoms with Gasteiger partial charge in [0, 0.05) is 38.1 Å². The number of alkyl carbamates (subject to hydrolysis) is 1. The van der Waals surface area contributed by atoms with Crippen LogP contribution < -0.4 is 26.6 Å². The standard InChI is InChI=1S/C45H59N5O18/c1-45(2,3)68-43(63)34(50-44(64)67-24-30-28-10-6-4-8-26(28)27-9-5-7-11-29(27)30)13-16-35(51)46-20-21-65-22-23-66-25-37(53)47-31(40(58)49-33(42(61)62)15-19-39(56)57)12-17-36(52)48-32(41(59)60)14-18-38(54)55/h4-11,30-34H,12-25H2,1-3H3,(H,46,51)(H,47,53)(H,48,52)(H,49,58)(H,50,64)(H,54,55)(H,56,57)(H,59,60)(H,61,62). The molecule has 0 saturated heterocycles. The molecule has 0 radical (unpaired) electrons. The lowest BCUT2D eigenvalue weighted by atomic mass is 9.98. The molecule has 2 aromatic carbocycles. The average Bonchev–Trinajstić information content (AvgIpc) is 3.58. The Balaban J connectivity index is 1.43. The van der Waals surface area contributed by atoms with Gasteiger partial charge in [-0.05, 0) is 68.7 Å². The lowest BCUT2D eigenvalue weighted by Crippen LogP contribution is -2.52. The van der Waals surface area contributed by atoms with Crippen molar-refractivity contribution in [3.63, 3.8) is 0 Å². The summed E-state index contributed by atoms with van der Waals surface area (Å²) in [4.78, 5) is 122. The van der Waals surface area contributed by atoms with Crippen molar-refractivity contribution in [2.24, 2.45) is 0 Å². The molecule has 0 bridgehead atoms. The van der Waals surface area contributed by atoms with Crippen LogP contribution >= 0.6 is 0 Å². The minimum absolute atomic E-state index is 0.00473. The van der Waals surface area contributed by atoms with Crippen molar-refractivity contribution >= 4 is 59.6 Å². The number of rotatable bonds is 30. The first-order valence-corrected chi connectivity index (χ1v) is 21.7. The SMILES string of the molecule is CC(C)(C)OC(=O)C(CCC(=O)NCCOCCOCC(=O)NC(CCC(=O)NC(CCC(=O)O)C(=O)O)C(=O)NC(CCC(=O)O)C(=O)O)NC(=O)OCC1c2ccccc2-c2ccccc21. The second-order valence-corrected chi connectivity index (χ2v) is 16.5. The number of carboxylic acid groups (broad SMARTS) is 4. The van der Waals surface area contributed by atoms with Crippen LogP contribution in [0.3, 0.4) is 0 Å². The molecule has 68 heavy (non-hydrogen) atoms. The maximum atomic E-state index is 13.1. The Bertz CT molecular complexity index is 2080. The van der Waals surface area contributed by atoms with E-state index < -0.39 is 134 Å². The molecular formula is C45H59N5O18. The van der Waals surface area contributed by atoms with Gasteiger partial charge in [-0.1, -0.05) is 48.5 Å². The molecule has 1 aliphatic rings. The zero-order chi connectivity index (χ0) is 50.4. The third-order valence-corrected chi connectivity index (χ3v) is 10.0. The molecule has 1 aliphatic carbocycles. The molecule has 2 aromatic rings. The van der Waals surface area contributed by atoms with E-state index in [2.05, 4.69) is 26.6 Å². The summed E-state index contributed by atoms with van der Waals surface area (Å²) >= 11 is 0. The van der Waals surface area contributed by atoms with Crippen LogP contribution in [0.4, 0.5) is 4.79 Å². The van der Waals surface area contributed by atoms with E-state index in [4.69, 9.17) is 29.2 Å². The van der Waals surface area contributed by atoms with Crippen LogP contribution in [0, 0.1) is 0 Å². The van der Waals surface area contributed by atoms with Gasteiger partial charge in [-0.25, -0.2) is 19.2 Å². The number of nitrogens with one attached hydrogen (secondary N) is 5. The zero-order valence-corrected chi connectivity index (χ0v) is 37.9. The van der Waals surface area contributed by atoms with Crippen LogP contribution in [0.5, 0.6) is 0 Å². The summed E-state index contributed by atoms with van der Waals surface area (Å²) in [6.07, 6.45) is -4.33. The second kappa shape index (κ2) is 27.5. The van der Waals surface area contributed by atoms with Gasteiger partial charge >= 0.3 is 35.9 Å². The second-order valence-electron chi connectivity index (χ2n) is 16.5. The van der Waals surface area contributed by atoms with E-state index in [9.17, 15) is 58.2 Å². The summed E-state index contributed by atoms with van der Waals surface area (Å²) in [5.41, 5.74) is 3.23. The molecule has 23 heteroatoms. The molecule has 372 valence electrons. The molecule has 0 aromatic heterocycles. The monoisotopic (exact) mass is 957 g/mol. The Morgan fingerprint density at radius 2 is 1.07 bits per heavy atom. The number of carbonyl (C=O) groups excluding carboxylic acids is 6. The molecule has 23 nitrogen and oxygen atoms in total. The molecule has 4 atom stereocenters. The number of esters is 1. The van der Waals surface area contributed by atoms with Gasteiger partial charge in [-0.3, -0.25) is 28.8 Å². The fourth-order valence-electron chi connectivity index (χ4n) is 6.78. The van der Waals surface area contributed by atoms with Gasteiger partial charge in [-0.2, -0.15) is 0 Å². The number of carbonyl (C=O) groups is 10. The Labute approximate surface area is 391 Å². The van der Waals surface area contributed by atoms with Crippen molar-refractivity contribution in [2.75, 3.05) is 39.6 Å². The summed E-state index contributed by atoms with van der Waals surface area (Å²) in [6, 6.07) is 9.61. The summed E-state index contributed by atoms with van der Waals surface area (Å²) in [7, 11) is 0. The number of carboxylic acids is 4. The number of ether oxygens (including phenoxy) is 4. The van der Waals surface area contributed by atoms with Gasteiger partial charge in [0.2, 0.25) is 23.6 Å². The Morgan fingerprint density at radius 1 is 0.574 bits per heavy atom. The van der Waals surface area contributed by atoms with Crippen LogP contribution in [0.2, 0.25) is 0 Å². The number of fused-ring (bicyclic) bond motifs is 3. The largest absolute Gasteiger partial charge is 0.481 e. The molecule has 0 fully saturated rings. The van der Waals surface area contributed by atoms with Gasteiger partial charge in [0.05, 0.1) is 19.8 Å². The van der Waals surface area contributed by atoms with Crippen LogP contribution in [0.1, 0.15) is 89.2 Å². The number of aliphatic carboxylic acids is 4. The Morgan fingerprint density at radius 3 is 1.63 bits per heavy atom. The highest BCUT2D eigenvalue weighted by atomic mass is 16.6. The van der Waals surface area contributed by atoms with Crippen molar-refractivity contribution in [3.05, 3.63) is 59.7 Å². The number of amides is 5. The highest BCUT2D eigenvalue weighted by molar-refractivity contribution is 5.92. The molecule has 3 rings (SSSR count). The highest BCUT2D eigenvalue weighted by Crippen LogP contribution is 2.44. The number of hydrogen-bond acceptors (Lipinski definition) is 14. The average molecular weight is 958 g/mol. The summed E-state index contributed by atoms with van der Waals surface area (Å²) < 4.78 is 21.8. The van der Waals surface area contributed by atoms with Crippen LogP contribution in [0.25, 0.3) is 11.1 Å². The first-order valence-electron chi connectivity index (χ1n) is 21.7. The molecule has 4 unspecified atom stereocenters. The van der Waals surface area contributed by atoms with E-state index >= 15 is 0 Å². The fraction of sp³-hybridized carbons (Fsp3) is 0.511. The van der Waals surface area contributed by atoms with Gasteiger partial charge in [-0.15, -0.1) is 0 Å². The zero-order valence-electron chi connectivity index (χ0n) is 37.9. The van der Waals surface area contributed by atoms with Crippen LogP contribution in [-0.2, 0) is 62.1 Å². The van der Waals surface area contributed by atoms with Crippen molar-refractivity contribution < 1.29 is 87.3 Å². The lowest BCUT2D eigenvalue weighted by Gasteiger charge is -2.24. The molecular weight excluding hydrogens is 899 g/mol. The maximum absolute atomic E-state index is 13.1. The number of benzene rings is 2. The molecule has 0 spiro atoms. The van der Waals surface area contributed by atoms with Crippen molar-refractivity contribution in [1.29, 1.82) is 0 Å². The third kappa shape index (κ3) is 19.8. The summed E-state index contributed by atoms with van der Waals surface area (Å²) in [6.45, 7) is 4.19. The minimum Gasteiger partial charge on any atom is -0.481 e. The van der Waals surface area contributed by atoms with Crippen molar-refractivity contribution in [1.82, 2.24) is 26.6 Å². The molecule has 0 saturated carbocycles. The predicted octanol–water partition coefficient (Wildman–Crippen LogP) is 1.30. The van der Waals surface area contributed by atoms with Gasteiger partial charge in [0.25, 0.3) is 0 Å². The van der Waals surface area contributed by atoms with E-state index in [-0.39, 0.29) is 51.7 Å². The quantitative estimate of drug-likeness (QED) is 0.0393. The topological polar surface area (TPSA) is 349 Å². The minimum atomic E-state index is -1.68. The van der Waals surface area contributed by atoms with E-state index in [1.54, 1.807) is 20.8 Å². The smallest absolute Gasteiger partial charge is 0.407 e. The predicted molar refractivity (Wildman–Crippen MR) is 236 cm³/mol. The van der Waals surface area contributed by atoms with Crippen molar-refractivity contribution in [3.8, 4) is 11.1 Å². The molecule has 5 amide bonds. The number of hydrogen-bond donors (Lipinski definition) is 9. The normalized spacial score (nSPS) is 13.5. The first-order chi connectivity index (χ1) is 32.1. The maximum Gasteiger partial charge on any atom is 0.407 e. The van der Waals surface area contributed by atoms with Gasteiger partial charge in [0.15, 0.2) is 0 Å². The van der Waals surface area contributed by atoms with Gasteiger partial charge in [0.1, 0.15) is 43.0 Å². The Hall–Kier alpha value is -7.14. The van der Waals surface area contributed by atoms with E-state index in [0.29, 0.717) is 0 Å². The lowest BCUT2D eigenvalue weighted by molar-refractivity contribution is -0.157. The molecule has 9 N–H and O–H groups in total. The Kier molecular flexibility index (Phi) is 22.3. The molecule has 0 heterocycles.